The Morgan fingerprint density at radius 3 is 2.40 bits per heavy atom. The number of ether oxygens (including phenoxy) is 1. The Morgan fingerprint density at radius 2 is 1.70 bits per heavy atom. The van der Waals surface area contributed by atoms with E-state index in [2.05, 4.69) is 20.9 Å². The SMILES string of the molecule is CCOC(=O)c1ccc2c(c1)NC(=O)/C2=C(\Nc1ccc(N(C)C(=O)CN2CCNCC2)cc1)c1ccccc1. The predicted molar refractivity (Wildman–Crippen MR) is 157 cm³/mol. The number of hydrogen-bond donors (Lipinski definition) is 3. The highest BCUT2D eigenvalue weighted by Gasteiger charge is 2.29. The number of piperazine rings is 1. The molecule has 9 nitrogen and oxygen atoms in total. The molecular formula is C31H33N5O4. The van der Waals surface area contributed by atoms with Crippen LogP contribution in [0.1, 0.15) is 28.4 Å². The molecule has 0 aromatic heterocycles. The molecule has 40 heavy (non-hydrogen) atoms. The minimum absolute atomic E-state index is 0.0381. The number of carbonyl (C=O) groups is 3. The van der Waals surface area contributed by atoms with E-state index in [1.807, 2.05) is 54.6 Å². The van der Waals surface area contributed by atoms with E-state index in [1.54, 1.807) is 37.1 Å². The molecule has 9 heteroatoms. The Kier molecular flexibility index (Phi) is 8.23. The summed E-state index contributed by atoms with van der Waals surface area (Å²) in [7, 11) is 1.79. The monoisotopic (exact) mass is 539 g/mol. The molecule has 0 saturated carbocycles. The smallest absolute Gasteiger partial charge is 0.338 e. The van der Waals surface area contributed by atoms with Gasteiger partial charge in [0.25, 0.3) is 5.91 Å². The van der Waals surface area contributed by atoms with Crippen molar-refractivity contribution in [3.05, 3.63) is 89.5 Å². The Hall–Kier alpha value is -4.47. The third-order valence-electron chi connectivity index (χ3n) is 7.05. The normalized spacial score (nSPS) is 16.1. The number of rotatable bonds is 8. The molecule has 1 saturated heterocycles. The molecule has 206 valence electrons. The first-order chi connectivity index (χ1) is 19.4. The zero-order valence-corrected chi connectivity index (χ0v) is 22.7. The van der Waals surface area contributed by atoms with Gasteiger partial charge in [-0.1, -0.05) is 36.4 Å². The first kappa shape index (κ1) is 27.1. The molecule has 0 bridgehead atoms. The van der Waals surface area contributed by atoms with E-state index in [1.165, 1.54) is 0 Å². The summed E-state index contributed by atoms with van der Waals surface area (Å²) in [4.78, 5) is 42.2. The van der Waals surface area contributed by atoms with Gasteiger partial charge >= 0.3 is 5.97 Å². The highest BCUT2D eigenvalue weighted by atomic mass is 16.5. The molecule has 2 aliphatic heterocycles. The maximum absolute atomic E-state index is 13.2. The maximum atomic E-state index is 13.2. The summed E-state index contributed by atoms with van der Waals surface area (Å²) in [6, 6.07) is 22.3. The fourth-order valence-corrected chi connectivity index (χ4v) is 4.87. The van der Waals surface area contributed by atoms with Crippen LogP contribution >= 0.6 is 0 Å². The lowest BCUT2D eigenvalue weighted by Gasteiger charge is -2.28. The van der Waals surface area contributed by atoms with Crippen LogP contribution in [-0.4, -0.2) is 69.1 Å². The topological polar surface area (TPSA) is 103 Å². The van der Waals surface area contributed by atoms with Crippen LogP contribution in [0.4, 0.5) is 17.1 Å². The van der Waals surface area contributed by atoms with Crippen molar-refractivity contribution >= 4 is 46.1 Å². The molecule has 0 aliphatic carbocycles. The van der Waals surface area contributed by atoms with Crippen molar-refractivity contribution in [2.45, 2.75) is 6.92 Å². The van der Waals surface area contributed by atoms with Crippen molar-refractivity contribution in [2.24, 2.45) is 0 Å². The van der Waals surface area contributed by atoms with Crippen molar-refractivity contribution in [1.82, 2.24) is 10.2 Å². The maximum Gasteiger partial charge on any atom is 0.338 e. The number of carbonyl (C=O) groups excluding carboxylic acids is 3. The fourth-order valence-electron chi connectivity index (χ4n) is 4.87. The average molecular weight is 540 g/mol. The van der Waals surface area contributed by atoms with E-state index in [0.29, 0.717) is 34.6 Å². The van der Waals surface area contributed by atoms with Crippen LogP contribution in [-0.2, 0) is 14.3 Å². The number of likely N-dealkylation sites (N-methyl/N-ethyl adjacent to an activating group) is 1. The van der Waals surface area contributed by atoms with Gasteiger partial charge in [-0.25, -0.2) is 4.79 Å². The molecule has 2 aliphatic rings. The highest BCUT2D eigenvalue weighted by molar-refractivity contribution is 6.37. The molecule has 0 spiro atoms. The number of amides is 2. The van der Waals surface area contributed by atoms with Gasteiger partial charge in [-0.05, 0) is 48.9 Å². The molecule has 5 rings (SSSR count). The zero-order chi connectivity index (χ0) is 28.1. The van der Waals surface area contributed by atoms with Gasteiger partial charge in [0.15, 0.2) is 0 Å². The third-order valence-corrected chi connectivity index (χ3v) is 7.05. The number of nitrogens with zero attached hydrogens (tertiary/aromatic N) is 2. The first-order valence-corrected chi connectivity index (χ1v) is 13.4. The van der Waals surface area contributed by atoms with Crippen molar-refractivity contribution in [3.8, 4) is 0 Å². The first-order valence-electron chi connectivity index (χ1n) is 13.4. The van der Waals surface area contributed by atoms with E-state index in [-0.39, 0.29) is 18.4 Å². The quantitative estimate of drug-likeness (QED) is 0.297. The van der Waals surface area contributed by atoms with Crippen molar-refractivity contribution in [1.29, 1.82) is 0 Å². The van der Waals surface area contributed by atoms with Gasteiger partial charge in [0.2, 0.25) is 5.91 Å². The van der Waals surface area contributed by atoms with E-state index < -0.39 is 5.97 Å². The van der Waals surface area contributed by atoms with Crippen LogP contribution in [0.3, 0.4) is 0 Å². The van der Waals surface area contributed by atoms with Gasteiger partial charge in [-0.15, -0.1) is 0 Å². The molecule has 0 radical (unpaired) electrons. The Bertz CT molecular complexity index is 1430. The summed E-state index contributed by atoms with van der Waals surface area (Å²) in [6.07, 6.45) is 0. The predicted octanol–water partition coefficient (Wildman–Crippen LogP) is 3.66. The summed E-state index contributed by atoms with van der Waals surface area (Å²) < 4.78 is 5.11. The lowest BCUT2D eigenvalue weighted by molar-refractivity contribution is -0.119. The number of anilines is 3. The summed E-state index contributed by atoms with van der Waals surface area (Å²) >= 11 is 0. The number of esters is 1. The minimum Gasteiger partial charge on any atom is -0.462 e. The number of fused-ring (bicyclic) bond motifs is 1. The Labute approximate surface area is 233 Å². The Morgan fingerprint density at radius 1 is 0.975 bits per heavy atom. The number of hydrogen-bond acceptors (Lipinski definition) is 7. The van der Waals surface area contributed by atoms with E-state index >= 15 is 0 Å². The zero-order valence-electron chi connectivity index (χ0n) is 22.7. The standard InChI is InChI=1S/C31H33N5O4/c1-3-40-31(39)22-9-14-25-26(19-22)34-30(38)28(25)29(21-7-5-4-6-8-21)33-23-10-12-24(13-11-23)35(2)27(37)20-36-17-15-32-16-18-36/h4-14,19,32-33H,3,15-18,20H2,1-2H3,(H,34,38)/b29-28-. The minimum atomic E-state index is -0.435. The van der Waals surface area contributed by atoms with Crippen LogP contribution in [0, 0.1) is 0 Å². The number of nitrogens with one attached hydrogen (secondary N) is 3. The highest BCUT2D eigenvalue weighted by Crippen LogP contribution is 2.38. The van der Waals surface area contributed by atoms with Crippen LogP contribution in [0.5, 0.6) is 0 Å². The molecule has 2 amide bonds. The van der Waals surface area contributed by atoms with Gasteiger partial charge in [-0.3, -0.25) is 14.5 Å². The van der Waals surface area contributed by atoms with Crippen LogP contribution in [0.2, 0.25) is 0 Å². The second-order valence-electron chi connectivity index (χ2n) is 9.70. The number of benzene rings is 3. The van der Waals surface area contributed by atoms with Gasteiger partial charge in [-0.2, -0.15) is 0 Å². The largest absolute Gasteiger partial charge is 0.462 e. The molecule has 3 aromatic carbocycles. The van der Waals surface area contributed by atoms with Crippen molar-refractivity contribution < 1.29 is 19.1 Å². The summed E-state index contributed by atoms with van der Waals surface area (Å²) in [5, 5.41) is 9.63. The lowest BCUT2D eigenvalue weighted by atomic mass is 9.99. The summed E-state index contributed by atoms with van der Waals surface area (Å²) in [5.41, 5.74) is 5.13. The fraction of sp³-hybridized carbons (Fsp3) is 0.258. The van der Waals surface area contributed by atoms with Gasteiger partial charge in [0.1, 0.15) is 0 Å². The average Bonchev–Trinajstić information content (AvgIpc) is 3.31. The lowest BCUT2D eigenvalue weighted by Crippen LogP contribution is -2.47. The molecular weight excluding hydrogens is 506 g/mol. The molecule has 3 aromatic rings. The Balaban J connectivity index is 1.41. The second-order valence-corrected chi connectivity index (χ2v) is 9.70. The van der Waals surface area contributed by atoms with Crippen LogP contribution < -0.4 is 20.9 Å². The molecule has 3 N–H and O–H groups in total. The van der Waals surface area contributed by atoms with E-state index in [4.69, 9.17) is 4.74 Å². The summed E-state index contributed by atoms with van der Waals surface area (Å²) in [6.45, 7) is 5.92. The second kappa shape index (κ2) is 12.1. The van der Waals surface area contributed by atoms with Crippen LogP contribution in [0.25, 0.3) is 11.3 Å². The van der Waals surface area contributed by atoms with E-state index in [9.17, 15) is 14.4 Å². The van der Waals surface area contributed by atoms with Crippen LogP contribution in [0.15, 0.2) is 72.8 Å². The molecule has 0 unspecified atom stereocenters. The van der Waals surface area contributed by atoms with Gasteiger partial charge in [0.05, 0.1) is 35.7 Å². The molecule has 2 heterocycles. The molecule has 0 atom stereocenters. The summed E-state index contributed by atoms with van der Waals surface area (Å²) in [5.74, 6) is -0.664. The molecule has 1 fully saturated rings. The van der Waals surface area contributed by atoms with Crippen molar-refractivity contribution in [2.75, 3.05) is 61.9 Å². The van der Waals surface area contributed by atoms with E-state index in [0.717, 1.165) is 43.1 Å². The van der Waals surface area contributed by atoms with Gasteiger partial charge in [0, 0.05) is 50.2 Å². The van der Waals surface area contributed by atoms with Crippen molar-refractivity contribution in [3.63, 3.8) is 0 Å². The van der Waals surface area contributed by atoms with Gasteiger partial charge < -0.3 is 25.6 Å². The third kappa shape index (κ3) is 5.90.